The molecule has 11 heavy (non-hydrogen) atoms. The third kappa shape index (κ3) is 0.758. The Morgan fingerprint density at radius 2 is 2.45 bits per heavy atom. The van der Waals surface area contributed by atoms with Gasteiger partial charge in [-0.05, 0) is 0 Å². The second-order valence-corrected chi connectivity index (χ2v) is 2.81. The SMILES string of the molecule is CN1C(=O)Cn2c(Cl)cnc21. The summed E-state index contributed by atoms with van der Waals surface area (Å²) in [5.41, 5.74) is 0. The van der Waals surface area contributed by atoms with Gasteiger partial charge in [-0.25, -0.2) is 4.98 Å². The fraction of sp³-hybridized carbons (Fsp3) is 0.333. The number of hydrogen-bond donors (Lipinski definition) is 0. The third-order valence-electron chi connectivity index (χ3n) is 1.75. The van der Waals surface area contributed by atoms with Crippen LogP contribution in [0.25, 0.3) is 0 Å². The maximum Gasteiger partial charge on any atom is 0.249 e. The number of aromatic nitrogens is 2. The third-order valence-corrected chi connectivity index (χ3v) is 2.05. The molecule has 0 aromatic carbocycles. The number of fused-ring (bicyclic) bond motifs is 1. The van der Waals surface area contributed by atoms with Crippen LogP contribution in [0, 0.1) is 0 Å². The van der Waals surface area contributed by atoms with Gasteiger partial charge in [0.2, 0.25) is 11.9 Å². The van der Waals surface area contributed by atoms with Gasteiger partial charge in [-0.3, -0.25) is 14.3 Å². The summed E-state index contributed by atoms with van der Waals surface area (Å²) in [7, 11) is 1.69. The summed E-state index contributed by atoms with van der Waals surface area (Å²) < 4.78 is 1.67. The van der Waals surface area contributed by atoms with E-state index in [4.69, 9.17) is 11.6 Å². The molecule has 1 amide bonds. The zero-order valence-corrected chi connectivity index (χ0v) is 6.67. The first-order valence-corrected chi connectivity index (χ1v) is 3.55. The van der Waals surface area contributed by atoms with Crippen LogP contribution < -0.4 is 4.90 Å². The maximum absolute atomic E-state index is 11.1. The number of rotatable bonds is 0. The first-order valence-electron chi connectivity index (χ1n) is 3.18. The number of nitrogens with zero attached hydrogens (tertiary/aromatic N) is 3. The second kappa shape index (κ2) is 1.98. The lowest BCUT2D eigenvalue weighted by Gasteiger charge is -2.02. The van der Waals surface area contributed by atoms with E-state index in [1.54, 1.807) is 17.8 Å². The van der Waals surface area contributed by atoms with Crippen LogP contribution in [0.1, 0.15) is 0 Å². The van der Waals surface area contributed by atoms with E-state index in [9.17, 15) is 4.79 Å². The van der Waals surface area contributed by atoms with Crippen molar-refractivity contribution in [3.8, 4) is 0 Å². The van der Waals surface area contributed by atoms with Crippen molar-refractivity contribution in [1.29, 1.82) is 0 Å². The Labute approximate surface area is 68.4 Å². The minimum absolute atomic E-state index is 0.0231. The monoisotopic (exact) mass is 171 g/mol. The minimum Gasteiger partial charge on any atom is -0.291 e. The molecule has 0 unspecified atom stereocenters. The summed E-state index contributed by atoms with van der Waals surface area (Å²) in [6.07, 6.45) is 1.54. The van der Waals surface area contributed by atoms with Crippen molar-refractivity contribution >= 4 is 23.5 Å². The molecule has 58 valence electrons. The molecule has 0 fully saturated rings. The summed E-state index contributed by atoms with van der Waals surface area (Å²) in [4.78, 5) is 16.5. The Morgan fingerprint density at radius 1 is 1.73 bits per heavy atom. The van der Waals surface area contributed by atoms with Crippen molar-refractivity contribution in [2.45, 2.75) is 6.54 Å². The Bertz CT molecular complexity index is 320. The van der Waals surface area contributed by atoms with Crippen LogP contribution in [-0.4, -0.2) is 22.5 Å². The summed E-state index contributed by atoms with van der Waals surface area (Å²) >= 11 is 5.74. The van der Waals surface area contributed by atoms with E-state index in [0.717, 1.165) is 0 Å². The van der Waals surface area contributed by atoms with Crippen LogP contribution >= 0.6 is 11.6 Å². The van der Waals surface area contributed by atoms with E-state index in [1.165, 1.54) is 4.90 Å². The first-order chi connectivity index (χ1) is 5.20. The smallest absolute Gasteiger partial charge is 0.249 e. The van der Waals surface area contributed by atoms with E-state index < -0.39 is 0 Å². The summed E-state index contributed by atoms with van der Waals surface area (Å²) in [6, 6.07) is 0. The number of carbonyl (C=O) groups is 1. The van der Waals surface area contributed by atoms with Gasteiger partial charge < -0.3 is 0 Å². The van der Waals surface area contributed by atoms with Gasteiger partial charge in [0, 0.05) is 7.05 Å². The van der Waals surface area contributed by atoms with E-state index >= 15 is 0 Å². The molecule has 0 bridgehead atoms. The molecule has 1 aromatic heterocycles. The number of halogens is 1. The van der Waals surface area contributed by atoms with Gasteiger partial charge in [0.1, 0.15) is 11.7 Å². The molecule has 5 heteroatoms. The summed E-state index contributed by atoms with van der Waals surface area (Å²) in [5, 5.41) is 0.512. The quantitative estimate of drug-likeness (QED) is 0.571. The molecule has 1 aliphatic heterocycles. The molecule has 0 saturated heterocycles. The molecule has 2 heterocycles. The number of hydrogen-bond acceptors (Lipinski definition) is 2. The highest BCUT2D eigenvalue weighted by Gasteiger charge is 2.26. The van der Waals surface area contributed by atoms with Gasteiger partial charge in [-0.1, -0.05) is 11.6 Å². The van der Waals surface area contributed by atoms with Crippen molar-refractivity contribution in [1.82, 2.24) is 9.55 Å². The molecule has 0 atom stereocenters. The summed E-state index contributed by atoms with van der Waals surface area (Å²) in [5.74, 6) is 0.648. The lowest BCUT2D eigenvalue weighted by molar-refractivity contribution is -0.117. The van der Waals surface area contributed by atoms with Gasteiger partial charge in [0.05, 0.1) is 6.20 Å². The largest absolute Gasteiger partial charge is 0.291 e. The van der Waals surface area contributed by atoms with E-state index in [2.05, 4.69) is 4.98 Å². The summed E-state index contributed by atoms with van der Waals surface area (Å²) in [6.45, 7) is 0.310. The van der Waals surface area contributed by atoms with Crippen LogP contribution in [0.4, 0.5) is 5.95 Å². The van der Waals surface area contributed by atoms with Crippen LogP contribution in [0.5, 0.6) is 0 Å². The van der Waals surface area contributed by atoms with Crippen molar-refractivity contribution in [3.63, 3.8) is 0 Å². The van der Waals surface area contributed by atoms with Gasteiger partial charge in [0.25, 0.3) is 0 Å². The normalized spacial score (nSPS) is 15.8. The number of carbonyl (C=O) groups excluding carboxylic acids is 1. The van der Waals surface area contributed by atoms with Crippen molar-refractivity contribution in [3.05, 3.63) is 11.3 Å². The average Bonchev–Trinajstić information content (AvgIpc) is 2.43. The van der Waals surface area contributed by atoms with Crippen molar-refractivity contribution < 1.29 is 4.79 Å². The Hall–Kier alpha value is -1.03. The Kier molecular flexibility index (Phi) is 1.20. The molecule has 1 aliphatic rings. The first kappa shape index (κ1) is 6.67. The highest BCUT2D eigenvalue weighted by molar-refractivity contribution is 6.30. The molecule has 2 rings (SSSR count). The zero-order chi connectivity index (χ0) is 8.01. The fourth-order valence-corrected chi connectivity index (χ4v) is 1.30. The molecule has 0 aliphatic carbocycles. The number of anilines is 1. The molecule has 0 spiro atoms. The van der Waals surface area contributed by atoms with Crippen molar-refractivity contribution in [2.24, 2.45) is 0 Å². The molecule has 0 radical (unpaired) electrons. The second-order valence-electron chi connectivity index (χ2n) is 2.42. The number of amides is 1. The van der Waals surface area contributed by atoms with E-state index in [-0.39, 0.29) is 5.91 Å². The molecule has 0 N–H and O–H groups in total. The van der Waals surface area contributed by atoms with Gasteiger partial charge >= 0.3 is 0 Å². The Balaban J connectivity index is 2.56. The zero-order valence-electron chi connectivity index (χ0n) is 5.91. The van der Waals surface area contributed by atoms with E-state index in [0.29, 0.717) is 17.6 Å². The molecule has 4 nitrogen and oxygen atoms in total. The Morgan fingerprint density at radius 3 is 3.09 bits per heavy atom. The van der Waals surface area contributed by atoms with Crippen molar-refractivity contribution in [2.75, 3.05) is 11.9 Å². The maximum atomic E-state index is 11.1. The fourth-order valence-electron chi connectivity index (χ4n) is 1.11. The molecule has 1 aromatic rings. The average molecular weight is 172 g/mol. The number of imidazole rings is 1. The van der Waals surface area contributed by atoms with Gasteiger partial charge in [0.15, 0.2) is 0 Å². The molecular formula is C6H6ClN3O. The molecular weight excluding hydrogens is 166 g/mol. The predicted octanol–water partition coefficient (Wildman–Crippen LogP) is 0.513. The lowest BCUT2D eigenvalue weighted by atomic mass is 10.6. The predicted molar refractivity (Wildman–Crippen MR) is 40.6 cm³/mol. The van der Waals surface area contributed by atoms with Crippen LogP contribution in [0.2, 0.25) is 5.15 Å². The van der Waals surface area contributed by atoms with Crippen LogP contribution in [-0.2, 0) is 11.3 Å². The van der Waals surface area contributed by atoms with Crippen LogP contribution in [0.15, 0.2) is 6.20 Å². The van der Waals surface area contributed by atoms with E-state index in [1.807, 2.05) is 0 Å². The van der Waals surface area contributed by atoms with Gasteiger partial charge in [-0.2, -0.15) is 0 Å². The topological polar surface area (TPSA) is 38.1 Å². The minimum atomic E-state index is 0.0231. The lowest BCUT2D eigenvalue weighted by Crippen LogP contribution is -2.21. The molecule has 0 saturated carbocycles. The van der Waals surface area contributed by atoms with Gasteiger partial charge in [-0.15, -0.1) is 0 Å². The number of likely N-dealkylation sites (N-methyl/N-ethyl adjacent to an activating group) is 1. The standard InChI is InChI=1S/C6H6ClN3O/c1-9-5(11)3-10-4(7)2-8-6(9)10/h2H,3H2,1H3. The highest BCUT2D eigenvalue weighted by Crippen LogP contribution is 2.23. The van der Waals surface area contributed by atoms with Crippen LogP contribution in [0.3, 0.4) is 0 Å². The highest BCUT2D eigenvalue weighted by atomic mass is 35.5.